The van der Waals surface area contributed by atoms with E-state index >= 15 is 0 Å². The highest BCUT2D eigenvalue weighted by Crippen LogP contribution is 2.25. The van der Waals surface area contributed by atoms with Crippen LogP contribution >= 0.6 is 0 Å². The molecule has 0 radical (unpaired) electrons. The van der Waals surface area contributed by atoms with Crippen LogP contribution in [-0.2, 0) is 13.1 Å². The highest BCUT2D eigenvalue weighted by molar-refractivity contribution is 5.55. The van der Waals surface area contributed by atoms with Gasteiger partial charge < -0.3 is 8.98 Å². The van der Waals surface area contributed by atoms with E-state index in [1.165, 1.54) is 24.1 Å². The molecule has 3 heterocycles. The SMILES string of the molecule is Cc1ccc(CN2CCCC(Cn3c(C)cnc3-c3ccccc3)C2)o1. The van der Waals surface area contributed by atoms with Crippen LogP contribution in [0.4, 0.5) is 0 Å². The van der Waals surface area contributed by atoms with Crippen LogP contribution in [0, 0.1) is 19.8 Å². The van der Waals surface area contributed by atoms with Gasteiger partial charge in [0.1, 0.15) is 17.3 Å². The van der Waals surface area contributed by atoms with Gasteiger partial charge in [-0.05, 0) is 51.3 Å². The molecule has 0 N–H and O–H groups in total. The zero-order valence-electron chi connectivity index (χ0n) is 15.7. The molecule has 1 aliphatic rings. The minimum atomic E-state index is 0.648. The summed E-state index contributed by atoms with van der Waals surface area (Å²) in [6.07, 6.45) is 4.52. The maximum Gasteiger partial charge on any atom is 0.140 e. The molecule has 1 aliphatic heterocycles. The van der Waals surface area contributed by atoms with E-state index in [4.69, 9.17) is 4.42 Å². The second-order valence-electron chi connectivity index (χ2n) is 7.46. The lowest BCUT2D eigenvalue weighted by Crippen LogP contribution is -2.36. The Morgan fingerprint density at radius 3 is 2.73 bits per heavy atom. The van der Waals surface area contributed by atoms with Crippen LogP contribution in [0.2, 0.25) is 0 Å². The molecule has 1 aromatic carbocycles. The van der Waals surface area contributed by atoms with Crippen LogP contribution in [0.25, 0.3) is 11.4 Å². The summed E-state index contributed by atoms with van der Waals surface area (Å²) in [5.74, 6) is 3.80. The Balaban J connectivity index is 1.46. The second-order valence-corrected chi connectivity index (χ2v) is 7.46. The van der Waals surface area contributed by atoms with Gasteiger partial charge in [-0.3, -0.25) is 4.90 Å². The summed E-state index contributed by atoms with van der Waals surface area (Å²) in [5, 5.41) is 0. The molecule has 136 valence electrons. The number of imidazole rings is 1. The number of piperidine rings is 1. The number of furan rings is 1. The van der Waals surface area contributed by atoms with Crippen LogP contribution in [0.15, 0.2) is 53.1 Å². The lowest BCUT2D eigenvalue weighted by atomic mass is 9.97. The van der Waals surface area contributed by atoms with E-state index < -0.39 is 0 Å². The van der Waals surface area contributed by atoms with Crippen molar-refractivity contribution in [3.05, 3.63) is 65.9 Å². The molecule has 0 bridgehead atoms. The van der Waals surface area contributed by atoms with Crippen molar-refractivity contribution < 1.29 is 4.42 Å². The van der Waals surface area contributed by atoms with E-state index in [9.17, 15) is 0 Å². The largest absolute Gasteiger partial charge is 0.465 e. The van der Waals surface area contributed by atoms with E-state index in [2.05, 4.69) is 63.8 Å². The fraction of sp³-hybridized carbons (Fsp3) is 0.409. The van der Waals surface area contributed by atoms with Gasteiger partial charge in [0.2, 0.25) is 0 Å². The summed E-state index contributed by atoms with van der Waals surface area (Å²) >= 11 is 0. The lowest BCUT2D eigenvalue weighted by molar-refractivity contribution is 0.146. The number of likely N-dealkylation sites (tertiary alicyclic amines) is 1. The van der Waals surface area contributed by atoms with Crippen LogP contribution < -0.4 is 0 Å². The molecule has 26 heavy (non-hydrogen) atoms. The van der Waals surface area contributed by atoms with Crippen molar-refractivity contribution in [2.24, 2.45) is 5.92 Å². The molecule has 2 aromatic heterocycles. The Kier molecular flexibility index (Phi) is 4.93. The van der Waals surface area contributed by atoms with Gasteiger partial charge in [0.25, 0.3) is 0 Å². The van der Waals surface area contributed by atoms with Crippen molar-refractivity contribution in [3.8, 4) is 11.4 Å². The van der Waals surface area contributed by atoms with E-state index in [0.29, 0.717) is 5.92 Å². The monoisotopic (exact) mass is 349 g/mol. The molecule has 4 nitrogen and oxygen atoms in total. The van der Waals surface area contributed by atoms with Crippen LogP contribution in [-0.4, -0.2) is 27.5 Å². The molecule has 0 spiro atoms. The Bertz CT molecular complexity index is 849. The maximum atomic E-state index is 5.77. The van der Waals surface area contributed by atoms with E-state index in [-0.39, 0.29) is 0 Å². The van der Waals surface area contributed by atoms with E-state index in [1.54, 1.807) is 0 Å². The van der Waals surface area contributed by atoms with Gasteiger partial charge in [-0.15, -0.1) is 0 Å². The molecule has 0 amide bonds. The number of aryl methyl sites for hydroxylation is 2. The lowest BCUT2D eigenvalue weighted by Gasteiger charge is -2.32. The zero-order valence-corrected chi connectivity index (χ0v) is 15.7. The van der Waals surface area contributed by atoms with Gasteiger partial charge in [0.15, 0.2) is 0 Å². The Hall–Kier alpha value is -2.33. The molecule has 1 fully saturated rings. The number of rotatable bonds is 5. The predicted molar refractivity (Wildman–Crippen MR) is 104 cm³/mol. The van der Waals surface area contributed by atoms with E-state index in [0.717, 1.165) is 43.5 Å². The molecule has 1 saturated heterocycles. The average molecular weight is 349 g/mol. The minimum Gasteiger partial charge on any atom is -0.465 e. The highest BCUT2D eigenvalue weighted by Gasteiger charge is 2.23. The summed E-state index contributed by atoms with van der Waals surface area (Å²) in [6, 6.07) is 14.7. The summed E-state index contributed by atoms with van der Waals surface area (Å²) in [5.41, 5.74) is 2.43. The molecule has 0 saturated carbocycles. The molecule has 1 atom stereocenters. The van der Waals surface area contributed by atoms with Gasteiger partial charge in [-0.25, -0.2) is 4.98 Å². The molecule has 4 heteroatoms. The molecule has 1 unspecified atom stereocenters. The van der Waals surface area contributed by atoms with Gasteiger partial charge in [-0.2, -0.15) is 0 Å². The van der Waals surface area contributed by atoms with Gasteiger partial charge in [0, 0.05) is 30.5 Å². The first-order chi connectivity index (χ1) is 12.7. The standard InChI is InChI=1S/C22H27N3O/c1-17-13-23-22(20-8-4-3-5-9-20)25(17)15-19-7-6-12-24(14-19)16-21-11-10-18(2)26-21/h3-5,8-11,13,19H,6-7,12,14-16H2,1-2H3. The number of hydrogen-bond acceptors (Lipinski definition) is 3. The van der Waals surface area contributed by atoms with Crippen molar-refractivity contribution >= 4 is 0 Å². The van der Waals surface area contributed by atoms with Crippen molar-refractivity contribution in [2.75, 3.05) is 13.1 Å². The first-order valence-corrected chi connectivity index (χ1v) is 9.54. The average Bonchev–Trinajstić information content (AvgIpc) is 3.22. The number of nitrogens with zero attached hydrogens (tertiary/aromatic N) is 3. The predicted octanol–water partition coefficient (Wildman–Crippen LogP) is 4.67. The third kappa shape index (κ3) is 3.75. The van der Waals surface area contributed by atoms with Crippen LogP contribution in [0.5, 0.6) is 0 Å². The first kappa shape index (κ1) is 17.1. The highest BCUT2D eigenvalue weighted by atomic mass is 16.3. The van der Waals surface area contributed by atoms with Crippen molar-refractivity contribution in [1.29, 1.82) is 0 Å². The molecular weight excluding hydrogens is 322 g/mol. The Morgan fingerprint density at radius 2 is 1.96 bits per heavy atom. The van der Waals surface area contributed by atoms with Gasteiger partial charge in [-0.1, -0.05) is 30.3 Å². The van der Waals surface area contributed by atoms with Crippen molar-refractivity contribution in [1.82, 2.24) is 14.5 Å². The van der Waals surface area contributed by atoms with Crippen LogP contribution in [0.3, 0.4) is 0 Å². The van der Waals surface area contributed by atoms with Crippen molar-refractivity contribution in [3.63, 3.8) is 0 Å². The summed E-state index contributed by atoms with van der Waals surface area (Å²) in [4.78, 5) is 7.20. The van der Waals surface area contributed by atoms with Gasteiger partial charge in [0.05, 0.1) is 6.54 Å². The topological polar surface area (TPSA) is 34.2 Å². The Labute approximate surface area is 155 Å². The summed E-state index contributed by atoms with van der Waals surface area (Å²) < 4.78 is 8.16. The second kappa shape index (κ2) is 7.50. The fourth-order valence-electron chi connectivity index (χ4n) is 4.00. The number of hydrogen-bond donors (Lipinski definition) is 0. The minimum absolute atomic E-state index is 0.648. The third-order valence-corrected chi connectivity index (χ3v) is 5.31. The summed E-state index contributed by atoms with van der Waals surface area (Å²) in [6.45, 7) is 8.39. The smallest absolute Gasteiger partial charge is 0.140 e. The summed E-state index contributed by atoms with van der Waals surface area (Å²) in [7, 11) is 0. The van der Waals surface area contributed by atoms with Crippen LogP contribution in [0.1, 0.15) is 30.1 Å². The van der Waals surface area contributed by atoms with E-state index in [1.807, 2.05) is 13.1 Å². The fourth-order valence-corrected chi connectivity index (χ4v) is 4.00. The maximum absolute atomic E-state index is 5.77. The number of benzene rings is 1. The Morgan fingerprint density at radius 1 is 1.12 bits per heavy atom. The molecule has 0 aliphatic carbocycles. The zero-order chi connectivity index (χ0) is 17.9. The molecule has 3 aromatic rings. The quantitative estimate of drug-likeness (QED) is 0.671. The van der Waals surface area contributed by atoms with Gasteiger partial charge >= 0.3 is 0 Å². The molecular formula is C22H27N3O. The number of aromatic nitrogens is 2. The van der Waals surface area contributed by atoms with Crippen molar-refractivity contribution in [2.45, 2.75) is 39.8 Å². The first-order valence-electron chi connectivity index (χ1n) is 9.54. The normalized spacial score (nSPS) is 18.3. The third-order valence-electron chi connectivity index (χ3n) is 5.31. The molecule has 4 rings (SSSR count).